The number of nitrogens with zero attached hydrogens (tertiary/aromatic N) is 2. The van der Waals surface area contributed by atoms with E-state index in [1.807, 2.05) is 4.90 Å². The zero-order chi connectivity index (χ0) is 13.1. The first-order chi connectivity index (χ1) is 8.58. The van der Waals surface area contributed by atoms with Crippen molar-refractivity contribution in [3.05, 3.63) is 31.6 Å². The minimum atomic E-state index is -0.177. The fourth-order valence-corrected chi connectivity index (χ4v) is 3.33. The molecule has 1 fully saturated rings. The predicted octanol–water partition coefficient (Wildman–Crippen LogP) is 2.39. The van der Waals surface area contributed by atoms with Gasteiger partial charge in [-0.05, 0) is 57.2 Å². The van der Waals surface area contributed by atoms with Gasteiger partial charge in [0.2, 0.25) is 5.91 Å². The Bertz CT molecular complexity index is 507. The van der Waals surface area contributed by atoms with Crippen LogP contribution in [0.1, 0.15) is 19.3 Å². The van der Waals surface area contributed by atoms with Gasteiger partial charge in [-0.25, -0.2) is 0 Å². The van der Waals surface area contributed by atoms with Crippen molar-refractivity contribution in [2.24, 2.45) is 0 Å². The Balaban J connectivity index is 2.13. The molecule has 0 aromatic carbocycles. The SMILES string of the molecule is O=C(Cn1cc(Br)cc(Br)c1=O)N1CCCCC1. The predicted molar refractivity (Wildman–Crippen MR) is 76.5 cm³/mol. The third kappa shape index (κ3) is 3.23. The van der Waals surface area contributed by atoms with Crippen LogP contribution in [-0.2, 0) is 11.3 Å². The smallest absolute Gasteiger partial charge is 0.265 e. The second kappa shape index (κ2) is 6.02. The van der Waals surface area contributed by atoms with Crippen LogP contribution < -0.4 is 5.56 Å². The average Bonchev–Trinajstić information content (AvgIpc) is 2.36. The van der Waals surface area contributed by atoms with E-state index in [0.717, 1.165) is 30.4 Å². The lowest BCUT2D eigenvalue weighted by molar-refractivity contribution is -0.132. The van der Waals surface area contributed by atoms with Crippen LogP contribution in [0.2, 0.25) is 0 Å². The summed E-state index contributed by atoms with van der Waals surface area (Å²) in [6.45, 7) is 1.72. The Morgan fingerprint density at radius 3 is 2.56 bits per heavy atom. The number of carbonyl (C=O) groups is 1. The van der Waals surface area contributed by atoms with Crippen molar-refractivity contribution in [3.63, 3.8) is 0 Å². The average molecular weight is 378 g/mol. The van der Waals surface area contributed by atoms with Crippen molar-refractivity contribution in [1.29, 1.82) is 0 Å². The summed E-state index contributed by atoms with van der Waals surface area (Å²) in [5.41, 5.74) is -0.177. The molecular formula is C12H14Br2N2O2. The maximum atomic E-state index is 12.1. The molecule has 0 unspecified atom stereocenters. The zero-order valence-electron chi connectivity index (χ0n) is 9.86. The van der Waals surface area contributed by atoms with Crippen LogP contribution in [0.25, 0.3) is 0 Å². The number of hydrogen-bond donors (Lipinski definition) is 0. The first-order valence-corrected chi connectivity index (χ1v) is 7.50. The molecule has 1 aromatic heterocycles. The molecule has 6 heteroatoms. The van der Waals surface area contributed by atoms with Gasteiger partial charge < -0.3 is 9.47 Å². The van der Waals surface area contributed by atoms with Crippen LogP contribution in [-0.4, -0.2) is 28.5 Å². The van der Waals surface area contributed by atoms with Crippen LogP contribution in [0.4, 0.5) is 0 Å². The number of carbonyl (C=O) groups excluding carboxylic acids is 1. The summed E-state index contributed by atoms with van der Waals surface area (Å²) in [7, 11) is 0. The Hall–Kier alpha value is -0.620. The van der Waals surface area contributed by atoms with Gasteiger partial charge in [-0.3, -0.25) is 9.59 Å². The standard InChI is InChI=1S/C12H14Br2N2O2/c13-9-6-10(14)12(18)16(7-9)8-11(17)15-4-2-1-3-5-15/h6-7H,1-5,8H2. The molecule has 1 saturated heterocycles. The van der Waals surface area contributed by atoms with Crippen molar-refractivity contribution in [2.45, 2.75) is 25.8 Å². The highest BCUT2D eigenvalue weighted by Crippen LogP contribution is 2.14. The van der Waals surface area contributed by atoms with Crippen LogP contribution in [0.15, 0.2) is 26.0 Å². The highest BCUT2D eigenvalue weighted by atomic mass is 79.9. The molecule has 0 radical (unpaired) electrons. The Morgan fingerprint density at radius 1 is 1.22 bits per heavy atom. The number of piperidine rings is 1. The summed E-state index contributed by atoms with van der Waals surface area (Å²) < 4.78 is 2.68. The second-order valence-corrected chi connectivity index (χ2v) is 6.15. The molecule has 2 heterocycles. The van der Waals surface area contributed by atoms with Crippen LogP contribution in [0, 0.1) is 0 Å². The molecule has 1 amide bonds. The summed E-state index contributed by atoms with van der Waals surface area (Å²) in [6.07, 6.45) is 4.95. The zero-order valence-corrected chi connectivity index (χ0v) is 13.0. The van der Waals surface area contributed by atoms with Crippen LogP contribution >= 0.6 is 31.9 Å². The summed E-state index contributed by atoms with van der Waals surface area (Å²) in [5, 5.41) is 0. The number of likely N-dealkylation sites (tertiary alicyclic amines) is 1. The first-order valence-electron chi connectivity index (χ1n) is 5.91. The molecule has 0 spiro atoms. The molecule has 1 aliphatic heterocycles. The van der Waals surface area contributed by atoms with E-state index in [4.69, 9.17) is 0 Å². The number of halogens is 2. The second-order valence-electron chi connectivity index (χ2n) is 4.38. The maximum absolute atomic E-state index is 12.1. The minimum absolute atomic E-state index is 0.0156. The van der Waals surface area contributed by atoms with Gasteiger partial charge in [0.05, 0.1) is 4.47 Å². The Labute approximate surface area is 122 Å². The van der Waals surface area contributed by atoms with E-state index in [1.165, 1.54) is 11.0 Å². The molecule has 1 aromatic rings. The van der Waals surface area contributed by atoms with Crippen molar-refractivity contribution < 1.29 is 4.79 Å². The summed E-state index contributed by atoms with van der Waals surface area (Å²) >= 11 is 6.51. The fraction of sp³-hybridized carbons (Fsp3) is 0.500. The molecule has 1 aliphatic rings. The largest absolute Gasteiger partial charge is 0.341 e. The maximum Gasteiger partial charge on any atom is 0.265 e. The lowest BCUT2D eigenvalue weighted by Gasteiger charge is -2.27. The number of aromatic nitrogens is 1. The van der Waals surface area contributed by atoms with E-state index in [0.29, 0.717) is 4.47 Å². The number of rotatable bonds is 2. The molecule has 0 N–H and O–H groups in total. The molecule has 4 nitrogen and oxygen atoms in total. The van der Waals surface area contributed by atoms with Crippen molar-refractivity contribution in [1.82, 2.24) is 9.47 Å². The fourth-order valence-electron chi connectivity index (χ4n) is 2.07. The van der Waals surface area contributed by atoms with Gasteiger partial charge in [0, 0.05) is 23.8 Å². The number of amides is 1. The molecule has 2 rings (SSSR count). The van der Waals surface area contributed by atoms with E-state index >= 15 is 0 Å². The monoisotopic (exact) mass is 376 g/mol. The molecule has 0 saturated carbocycles. The van der Waals surface area contributed by atoms with Crippen molar-refractivity contribution >= 4 is 37.8 Å². The van der Waals surface area contributed by atoms with Gasteiger partial charge in [-0.2, -0.15) is 0 Å². The van der Waals surface area contributed by atoms with E-state index in [9.17, 15) is 9.59 Å². The first kappa shape index (κ1) is 13.8. The van der Waals surface area contributed by atoms with Gasteiger partial charge in [0.15, 0.2) is 0 Å². The quantitative estimate of drug-likeness (QED) is 0.794. The van der Waals surface area contributed by atoms with Gasteiger partial charge in [0.1, 0.15) is 6.54 Å². The molecule has 0 aliphatic carbocycles. The van der Waals surface area contributed by atoms with Gasteiger partial charge in [0.25, 0.3) is 5.56 Å². The van der Waals surface area contributed by atoms with Crippen molar-refractivity contribution in [3.8, 4) is 0 Å². The molecule has 0 bridgehead atoms. The number of pyridine rings is 1. The highest BCUT2D eigenvalue weighted by molar-refractivity contribution is 9.11. The molecule has 18 heavy (non-hydrogen) atoms. The lowest BCUT2D eigenvalue weighted by Crippen LogP contribution is -2.39. The van der Waals surface area contributed by atoms with Gasteiger partial charge in [-0.15, -0.1) is 0 Å². The summed E-state index contributed by atoms with van der Waals surface area (Å²) in [4.78, 5) is 25.8. The van der Waals surface area contributed by atoms with E-state index in [2.05, 4.69) is 31.9 Å². The summed E-state index contributed by atoms with van der Waals surface area (Å²) in [6, 6.07) is 1.68. The van der Waals surface area contributed by atoms with E-state index in [1.54, 1.807) is 12.3 Å². The lowest BCUT2D eigenvalue weighted by atomic mass is 10.1. The Kier molecular flexibility index (Phi) is 4.61. The topological polar surface area (TPSA) is 42.3 Å². The van der Waals surface area contributed by atoms with Gasteiger partial charge >= 0.3 is 0 Å². The molecular weight excluding hydrogens is 364 g/mol. The minimum Gasteiger partial charge on any atom is -0.341 e. The van der Waals surface area contributed by atoms with Gasteiger partial charge in [-0.1, -0.05) is 0 Å². The van der Waals surface area contributed by atoms with Crippen LogP contribution in [0.5, 0.6) is 0 Å². The third-order valence-electron chi connectivity index (χ3n) is 3.02. The van der Waals surface area contributed by atoms with Crippen molar-refractivity contribution in [2.75, 3.05) is 13.1 Å². The number of hydrogen-bond acceptors (Lipinski definition) is 2. The van der Waals surface area contributed by atoms with Crippen LogP contribution in [0.3, 0.4) is 0 Å². The Morgan fingerprint density at radius 2 is 1.89 bits per heavy atom. The normalized spacial score (nSPS) is 15.8. The molecule has 98 valence electrons. The molecule has 0 atom stereocenters. The highest BCUT2D eigenvalue weighted by Gasteiger charge is 2.17. The summed E-state index contributed by atoms with van der Waals surface area (Å²) in [5.74, 6) is 0.0156. The third-order valence-corrected chi connectivity index (χ3v) is 4.03. The van der Waals surface area contributed by atoms with E-state index < -0.39 is 0 Å². The van der Waals surface area contributed by atoms with E-state index in [-0.39, 0.29) is 18.0 Å².